The second-order valence-electron chi connectivity index (χ2n) is 5.13. The minimum atomic E-state index is -0.297. The Labute approximate surface area is 122 Å². The van der Waals surface area contributed by atoms with Gasteiger partial charge in [0.05, 0.1) is 17.3 Å². The standard InChI is InChI=1S/C14H17N5O2/c1-8-5-6-10(9(2)16-8)12(20)17-14-19-18-13(21-14)11-4-3-7-15-11/h5-6,11,15H,3-4,7H2,1-2H3,(H,17,19,20). The van der Waals surface area contributed by atoms with Crippen LogP contribution in [-0.4, -0.2) is 27.6 Å². The number of hydrogen-bond acceptors (Lipinski definition) is 6. The predicted octanol–water partition coefficient (Wildman–Crippen LogP) is 1.76. The zero-order valence-electron chi connectivity index (χ0n) is 12.0. The molecule has 7 heteroatoms. The number of anilines is 1. The molecule has 21 heavy (non-hydrogen) atoms. The normalized spacial score (nSPS) is 17.9. The van der Waals surface area contributed by atoms with Crippen LogP contribution in [-0.2, 0) is 0 Å². The first-order valence-corrected chi connectivity index (χ1v) is 6.96. The maximum absolute atomic E-state index is 12.2. The molecule has 0 spiro atoms. The molecule has 0 aliphatic carbocycles. The van der Waals surface area contributed by atoms with Gasteiger partial charge in [-0.15, -0.1) is 5.10 Å². The lowest BCUT2D eigenvalue weighted by Crippen LogP contribution is -2.14. The van der Waals surface area contributed by atoms with Crippen molar-refractivity contribution in [2.75, 3.05) is 11.9 Å². The number of nitrogens with zero attached hydrogens (tertiary/aromatic N) is 3. The molecule has 0 aromatic carbocycles. The summed E-state index contributed by atoms with van der Waals surface area (Å²) in [6, 6.07) is 3.74. The molecule has 1 saturated heterocycles. The van der Waals surface area contributed by atoms with E-state index >= 15 is 0 Å². The number of aryl methyl sites for hydroxylation is 2. The van der Waals surface area contributed by atoms with Crippen molar-refractivity contribution >= 4 is 11.9 Å². The third-order valence-electron chi connectivity index (χ3n) is 3.49. The molecule has 7 nitrogen and oxygen atoms in total. The van der Waals surface area contributed by atoms with E-state index < -0.39 is 0 Å². The van der Waals surface area contributed by atoms with Crippen molar-refractivity contribution in [3.8, 4) is 0 Å². The summed E-state index contributed by atoms with van der Waals surface area (Å²) < 4.78 is 5.49. The molecule has 1 aliphatic heterocycles. The van der Waals surface area contributed by atoms with Crippen LogP contribution in [0.1, 0.15) is 46.5 Å². The van der Waals surface area contributed by atoms with E-state index in [-0.39, 0.29) is 18.0 Å². The van der Waals surface area contributed by atoms with Crippen LogP contribution in [0.25, 0.3) is 0 Å². The Hall–Kier alpha value is -2.28. The highest BCUT2D eigenvalue weighted by molar-refractivity contribution is 6.03. The Balaban J connectivity index is 1.72. The Morgan fingerprint density at radius 2 is 2.24 bits per heavy atom. The summed E-state index contributed by atoms with van der Waals surface area (Å²) in [7, 11) is 0. The van der Waals surface area contributed by atoms with Gasteiger partial charge >= 0.3 is 6.01 Å². The topological polar surface area (TPSA) is 92.9 Å². The van der Waals surface area contributed by atoms with Gasteiger partial charge in [0.25, 0.3) is 5.91 Å². The van der Waals surface area contributed by atoms with Crippen molar-refractivity contribution < 1.29 is 9.21 Å². The number of pyridine rings is 1. The molecule has 1 amide bonds. The summed E-state index contributed by atoms with van der Waals surface area (Å²) in [5, 5.41) is 13.7. The monoisotopic (exact) mass is 287 g/mol. The summed E-state index contributed by atoms with van der Waals surface area (Å²) in [6.45, 7) is 4.63. The minimum absolute atomic E-state index is 0.0888. The highest BCUT2D eigenvalue weighted by Gasteiger charge is 2.23. The van der Waals surface area contributed by atoms with E-state index in [1.807, 2.05) is 6.92 Å². The number of nitrogens with one attached hydrogen (secondary N) is 2. The molecule has 0 saturated carbocycles. The molecule has 0 bridgehead atoms. The van der Waals surface area contributed by atoms with Gasteiger partial charge in [-0.3, -0.25) is 15.1 Å². The van der Waals surface area contributed by atoms with Gasteiger partial charge in [0, 0.05) is 5.69 Å². The van der Waals surface area contributed by atoms with Crippen molar-refractivity contribution in [1.82, 2.24) is 20.5 Å². The molecule has 1 atom stereocenters. The first kappa shape index (κ1) is 13.7. The molecule has 2 N–H and O–H groups in total. The smallest absolute Gasteiger partial charge is 0.322 e. The van der Waals surface area contributed by atoms with Gasteiger partial charge in [-0.1, -0.05) is 5.10 Å². The highest BCUT2D eigenvalue weighted by Crippen LogP contribution is 2.23. The number of amides is 1. The highest BCUT2D eigenvalue weighted by atomic mass is 16.4. The number of carbonyl (C=O) groups is 1. The van der Waals surface area contributed by atoms with Crippen LogP contribution in [0, 0.1) is 13.8 Å². The van der Waals surface area contributed by atoms with Gasteiger partial charge in [-0.25, -0.2) is 0 Å². The Kier molecular flexibility index (Phi) is 3.66. The number of carbonyl (C=O) groups excluding carboxylic acids is 1. The molecule has 3 heterocycles. The van der Waals surface area contributed by atoms with Gasteiger partial charge in [-0.2, -0.15) is 0 Å². The lowest BCUT2D eigenvalue weighted by atomic mass is 10.2. The lowest BCUT2D eigenvalue weighted by molar-refractivity contribution is 0.102. The van der Waals surface area contributed by atoms with E-state index in [9.17, 15) is 4.79 Å². The van der Waals surface area contributed by atoms with Crippen LogP contribution in [0.15, 0.2) is 16.5 Å². The number of rotatable bonds is 3. The summed E-state index contributed by atoms with van der Waals surface area (Å²) in [6.07, 6.45) is 2.06. The molecule has 2 aromatic rings. The largest absolute Gasteiger partial charge is 0.406 e. The second-order valence-corrected chi connectivity index (χ2v) is 5.13. The van der Waals surface area contributed by atoms with Crippen molar-refractivity contribution in [3.05, 3.63) is 35.0 Å². The maximum atomic E-state index is 12.2. The van der Waals surface area contributed by atoms with Crippen LogP contribution in [0.5, 0.6) is 0 Å². The second kappa shape index (κ2) is 5.61. The van der Waals surface area contributed by atoms with Gasteiger partial charge in [-0.05, 0) is 45.4 Å². The SMILES string of the molecule is Cc1ccc(C(=O)Nc2nnc(C3CCCN3)o2)c(C)n1. The van der Waals surface area contributed by atoms with Crippen LogP contribution >= 0.6 is 0 Å². The molecule has 1 fully saturated rings. The fourth-order valence-corrected chi connectivity index (χ4v) is 2.41. The van der Waals surface area contributed by atoms with Gasteiger partial charge in [0.2, 0.25) is 5.89 Å². The number of hydrogen-bond donors (Lipinski definition) is 2. The summed E-state index contributed by atoms with van der Waals surface area (Å²) in [4.78, 5) is 16.4. The zero-order valence-corrected chi connectivity index (χ0v) is 12.0. The van der Waals surface area contributed by atoms with Crippen LogP contribution in [0.3, 0.4) is 0 Å². The fourth-order valence-electron chi connectivity index (χ4n) is 2.41. The quantitative estimate of drug-likeness (QED) is 0.893. The van der Waals surface area contributed by atoms with Crippen LogP contribution < -0.4 is 10.6 Å². The first-order valence-electron chi connectivity index (χ1n) is 6.96. The third kappa shape index (κ3) is 2.92. The lowest BCUT2D eigenvalue weighted by Gasteiger charge is -2.05. The van der Waals surface area contributed by atoms with E-state index in [1.54, 1.807) is 19.1 Å². The molecular weight excluding hydrogens is 270 g/mol. The average Bonchev–Trinajstić information content (AvgIpc) is 3.08. The van der Waals surface area contributed by atoms with Crippen molar-refractivity contribution in [1.29, 1.82) is 0 Å². The molecule has 1 unspecified atom stereocenters. The van der Waals surface area contributed by atoms with Crippen LogP contribution in [0.2, 0.25) is 0 Å². The molecule has 1 aliphatic rings. The van der Waals surface area contributed by atoms with E-state index in [0.717, 1.165) is 25.1 Å². The van der Waals surface area contributed by atoms with Crippen molar-refractivity contribution in [3.63, 3.8) is 0 Å². The Morgan fingerprint density at radius 1 is 1.38 bits per heavy atom. The van der Waals surface area contributed by atoms with E-state index in [2.05, 4.69) is 25.8 Å². The Bertz CT molecular complexity index is 661. The molecular formula is C14H17N5O2. The van der Waals surface area contributed by atoms with E-state index in [1.165, 1.54) is 0 Å². The van der Waals surface area contributed by atoms with E-state index in [4.69, 9.17) is 4.42 Å². The van der Waals surface area contributed by atoms with Crippen LogP contribution in [0.4, 0.5) is 6.01 Å². The summed E-state index contributed by atoms with van der Waals surface area (Å²) >= 11 is 0. The third-order valence-corrected chi connectivity index (χ3v) is 3.49. The molecule has 110 valence electrons. The fraction of sp³-hybridized carbons (Fsp3) is 0.429. The minimum Gasteiger partial charge on any atom is -0.406 e. The first-order chi connectivity index (χ1) is 10.1. The van der Waals surface area contributed by atoms with E-state index in [0.29, 0.717) is 17.1 Å². The number of aromatic nitrogens is 3. The summed E-state index contributed by atoms with van der Waals surface area (Å²) in [5.74, 6) is 0.219. The van der Waals surface area contributed by atoms with Crippen molar-refractivity contribution in [2.45, 2.75) is 32.7 Å². The molecule has 3 rings (SSSR count). The van der Waals surface area contributed by atoms with Gasteiger partial charge in [0.1, 0.15) is 0 Å². The summed E-state index contributed by atoms with van der Waals surface area (Å²) in [5.41, 5.74) is 2.04. The maximum Gasteiger partial charge on any atom is 0.322 e. The van der Waals surface area contributed by atoms with Gasteiger partial charge in [0.15, 0.2) is 0 Å². The predicted molar refractivity (Wildman–Crippen MR) is 75.9 cm³/mol. The average molecular weight is 287 g/mol. The van der Waals surface area contributed by atoms with Crippen molar-refractivity contribution in [2.24, 2.45) is 0 Å². The Morgan fingerprint density at radius 3 is 2.95 bits per heavy atom. The molecule has 0 radical (unpaired) electrons. The van der Waals surface area contributed by atoms with Gasteiger partial charge < -0.3 is 9.73 Å². The zero-order chi connectivity index (χ0) is 14.8. The molecule has 2 aromatic heterocycles.